The van der Waals surface area contributed by atoms with Crippen molar-refractivity contribution in [1.29, 1.82) is 0 Å². The molecule has 0 aliphatic heterocycles. The Morgan fingerprint density at radius 2 is 2.12 bits per heavy atom. The van der Waals surface area contributed by atoms with Crippen LogP contribution in [0.1, 0.15) is 6.92 Å². The number of aromatic hydroxyl groups is 1. The molecule has 2 rings (SSSR count). The first-order chi connectivity index (χ1) is 7.69. The molecule has 1 heterocycles. The van der Waals surface area contributed by atoms with Crippen molar-refractivity contribution in [1.82, 2.24) is 4.57 Å². The molecule has 0 aliphatic carbocycles. The lowest BCUT2D eigenvalue weighted by Crippen LogP contribution is -2.08. The van der Waals surface area contributed by atoms with Crippen molar-refractivity contribution < 1.29 is 9.84 Å². The lowest BCUT2D eigenvalue weighted by Gasteiger charge is -2.12. The molecule has 16 heavy (non-hydrogen) atoms. The fraction of sp³-hybridized carbons (Fsp3) is 0.250. The van der Waals surface area contributed by atoms with Crippen molar-refractivity contribution in [3.05, 3.63) is 34.6 Å². The number of aryl methyl sites for hydroxylation is 1. The summed E-state index contributed by atoms with van der Waals surface area (Å²) >= 11 is 0. The van der Waals surface area contributed by atoms with E-state index in [4.69, 9.17) is 4.74 Å². The molecule has 0 spiro atoms. The van der Waals surface area contributed by atoms with Gasteiger partial charge >= 0.3 is 0 Å². The normalized spacial score (nSPS) is 10.6. The molecule has 1 N–H and O–H groups in total. The molecule has 0 saturated carbocycles. The quantitative estimate of drug-likeness (QED) is 0.836. The molecule has 1 aromatic heterocycles. The summed E-state index contributed by atoms with van der Waals surface area (Å²) in [6.07, 6.45) is 1.70. The lowest BCUT2D eigenvalue weighted by atomic mass is 10.1. The summed E-state index contributed by atoms with van der Waals surface area (Å²) in [6.45, 7) is 2.67. The molecule has 0 atom stereocenters. The van der Waals surface area contributed by atoms with Crippen LogP contribution in [-0.4, -0.2) is 16.8 Å². The van der Waals surface area contributed by atoms with Gasteiger partial charge in [0.2, 0.25) is 0 Å². The van der Waals surface area contributed by atoms with Gasteiger partial charge in [-0.3, -0.25) is 4.79 Å². The van der Waals surface area contributed by atoms with Gasteiger partial charge in [0.25, 0.3) is 0 Å². The number of methoxy groups -OCH3 is 1. The highest BCUT2D eigenvalue weighted by Crippen LogP contribution is 2.29. The predicted molar refractivity (Wildman–Crippen MR) is 62.1 cm³/mol. The van der Waals surface area contributed by atoms with E-state index in [1.165, 1.54) is 12.1 Å². The van der Waals surface area contributed by atoms with Gasteiger partial charge in [-0.2, -0.15) is 0 Å². The zero-order valence-electron chi connectivity index (χ0n) is 9.23. The number of benzene rings is 1. The van der Waals surface area contributed by atoms with Crippen LogP contribution in [0.5, 0.6) is 11.5 Å². The topological polar surface area (TPSA) is 51.5 Å². The van der Waals surface area contributed by atoms with E-state index in [-0.39, 0.29) is 11.2 Å². The Balaban J connectivity index is 3.01. The van der Waals surface area contributed by atoms with Crippen LogP contribution in [0.15, 0.2) is 29.2 Å². The number of hydrogen-bond acceptors (Lipinski definition) is 3. The first-order valence-corrected chi connectivity index (χ1v) is 5.08. The summed E-state index contributed by atoms with van der Waals surface area (Å²) in [6, 6.07) is 4.58. The zero-order valence-corrected chi connectivity index (χ0v) is 9.23. The van der Waals surface area contributed by atoms with Crippen molar-refractivity contribution in [2.45, 2.75) is 13.5 Å². The Morgan fingerprint density at radius 3 is 2.75 bits per heavy atom. The van der Waals surface area contributed by atoms with Crippen molar-refractivity contribution in [2.24, 2.45) is 0 Å². The van der Waals surface area contributed by atoms with Gasteiger partial charge in [-0.1, -0.05) is 0 Å². The number of fused-ring (bicyclic) bond motifs is 1. The maximum absolute atomic E-state index is 11.7. The third kappa shape index (κ3) is 1.43. The van der Waals surface area contributed by atoms with Crippen molar-refractivity contribution in [2.75, 3.05) is 7.11 Å². The van der Waals surface area contributed by atoms with E-state index in [2.05, 4.69) is 0 Å². The average molecular weight is 219 g/mol. The maximum Gasteiger partial charge on any atom is 0.193 e. The summed E-state index contributed by atoms with van der Waals surface area (Å²) in [5.74, 6) is 0.580. The molecule has 0 radical (unpaired) electrons. The molecule has 4 heteroatoms. The highest BCUT2D eigenvalue weighted by atomic mass is 16.5. The van der Waals surface area contributed by atoms with Crippen LogP contribution in [0, 0.1) is 0 Å². The van der Waals surface area contributed by atoms with Gasteiger partial charge in [-0.15, -0.1) is 0 Å². The maximum atomic E-state index is 11.7. The molecule has 0 saturated heterocycles. The molecular formula is C12H13NO3. The first kappa shape index (κ1) is 10.5. The number of phenolic OH excluding ortho intramolecular Hbond substituents is 1. The second kappa shape index (κ2) is 3.89. The molecule has 0 unspecified atom stereocenters. The van der Waals surface area contributed by atoms with E-state index < -0.39 is 0 Å². The van der Waals surface area contributed by atoms with Crippen LogP contribution in [0.2, 0.25) is 0 Å². The second-order valence-electron chi connectivity index (χ2n) is 3.48. The Morgan fingerprint density at radius 1 is 1.38 bits per heavy atom. The number of nitrogens with zero attached hydrogens (tertiary/aromatic N) is 1. The molecule has 0 fully saturated rings. The van der Waals surface area contributed by atoms with E-state index in [9.17, 15) is 9.90 Å². The van der Waals surface area contributed by atoms with Crippen molar-refractivity contribution in [3.8, 4) is 11.5 Å². The fourth-order valence-electron chi connectivity index (χ4n) is 1.83. The first-order valence-electron chi connectivity index (χ1n) is 5.08. The van der Waals surface area contributed by atoms with E-state index in [0.717, 1.165) is 0 Å². The zero-order chi connectivity index (χ0) is 11.7. The Hall–Kier alpha value is -1.97. The van der Waals surface area contributed by atoms with Gasteiger partial charge in [0, 0.05) is 18.8 Å². The molecular weight excluding hydrogens is 206 g/mol. The predicted octanol–water partition coefficient (Wildman–Crippen LogP) is 1.74. The summed E-state index contributed by atoms with van der Waals surface area (Å²) in [5.41, 5.74) is 0.439. The summed E-state index contributed by atoms with van der Waals surface area (Å²) in [7, 11) is 1.54. The Labute approximate surface area is 92.7 Å². The minimum atomic E-state index is -0.198. The molecule has 4 nitrogen and oxygen atoms in total. The largest absolute Gasteiger partial charge is 0.507 e. The third-order valence-electron chi connectivity index (χ3n) is 2.62. The summed E-state index contributed by atoms with van der Waals surface area (Å²) in [4.78, 5) is 11.7. The third-order valence-corrected chi connectivity index (χ3v) is 2.62. The van der Waals surface area contributed by atoms with Crippen LogP contribution in [0.3, 0.4) is 0 Å². The number of hydrogen-bond donors (Lipinski definition) is 1. The number of pyridine rings is 1. The summed E-state index contributed by atoms with van der Waals surface area (Å²) in [5, 5.41) is 10.0. The molecule has 0 amide bonds. The Bertz CT molecular complexity index is 576. The van der Waals surface area contributed by atoms with E-state index in [1.807, 2.05) is 11.5 Å². The van der Waals surface area contributed by atoms with Gasteiger partial charge in [0.1, 0.15) is 11.5 Å². The van der Waals surface area contributed by atoms with Gasteiger partial charge in [-0.05, 0) is 19.1 Å². The van der Waals surface area contributed by atoms with Crippen LogP contribution in [0.25, 0.3) is 10.9 Å². The molecule has 0 bridgehead atoms. The number of phenols is 1. The molecule has 0 aliphatic rings. The monoisotopic (exact) mass is 219 g/mol. The SMILES string of the molecule is CCn1ccc(=O)c2c(O)ccc(OC)c21. The fourth-order valence-corrected chi connectivity index (χ4v) is 1.83. The highest BCUT2D eigenvalue weighted by Gasteiger charge is 2.11. The number of ether oxygens (including phenoxy) is 1. The number of aromatic nitrogens is 1. The van der Waals surface area contributed by atoms with Crippen LogP contribution < -0.4 is 10.2 Å². The van der Waals surface area contributed by atoms with Crippen molar-refractivity contribution in [3.63, 3.8) is 0 Å². The van der Waals surface area contributed by atoms with Crippen LogP contribution >= 0.6 is 0 Å². The van der Waals surface area contributed by atoms with Gasteiger partial charge < -0.3 is 14.4 Å². The minimum Gasteiger partial charge on any atom is -0.507 e. The summed E-state index contributed by atoms with van der Waals surface area (Å²) < 4.78 is 7.08. The van der Waals surface area contributed by atoms with Crippen LogP contribution in [-0.2, 0) is 6.54 Å². The molecule has 84 valence electrons. The standard InChI is InChI=1S/C12H13NO3/c1-3-13-7-6-9(15)11-8(14)4-5-10(16-2)12(11)13/h4-7,14H,3H2,1-2H3. The smallest absolute Gasteiger partial charge is 0.193 e. The van der Waals surface area contributed by atoms with Crippen LogP contribution in [0.4, 0.5) is 0 Å². The van der Waals surface area contributed by atoms with E-state index in [0.29, 0.717) is 23.2 Å². The van der Waals surface area contributed by atoms with E-state index >= 15 is 0 Å². The van der Waals surface area contributed by atoms with Crippen molar-refractivity contribution >= 4 is 10.9 Å². The second-order valence-corrected chi connectivity index (χ2v) is 3.48. The average Bonchev–Trinajstić information content (AvgIpc) is 2.30. The van der Waals surface area contributed by atoms with Gasteiger partial charge in [0.15, 0.2) is 5.43 Å². The number of rotatable bonds is 2. The molecule has 1 aromatic carbocycles. The van der Waals surface area contributed by atoms with Gasteiger partial charge in [0.05, 0.1) is 18.0 Å². The minimum absolute atomic E-state index is 0.0106. The Kier molecular flexibility index (Phi) is 2.56. The highest BCUT2D eigenvalue weighted by molar-refractivity contribution is 5.90. The lowest BCUT2D eigenvalue weighted by molar-refractivity contribution is 0.415. The van der Waals surface area contributed by atoms with E-state index in [1.54, 1.807) is 19.4 Å². The molecule has 2 aromatic rings. The van der Waals surface area contributed by atoms with Gasteiger partial charge in [-0.25, -0.2) is 0 Å².